The summed E-state index contributed by atoms with van der Waals surface area (Å²) in [4.78, 5) is 11.6. The molecule has 17 heavy (non-hydrogen) atoms. The summed E-state index contributed by atoms with van der Waals surface area (Å²) in [5, 5.41) is 0. The maximum Gasteiger partial charge on any atom is 0.442 e. The fourth-order valence-corrected chi connectivity index (χ4v) is 1.83. The van der Waals surface area contributed by atoms with Gasteiger partial charge in [-0.1, -0.05) is 0 Å². The van der Waals surface area contributed by atoms with E-state index < -0.39 is 27.9 Å². The first kappa shape index (κ1) is 16.6. The number of hydrogen-bond donors (Lipinski definition) is 1. The summed E-state index contributed by atoms with van der Waals surface area (Å²) >= 11 is -0.304. The molecule has 0 aliphatic carbocycles. The van der Waals surface area contributed by atoms with E-state index >= 15 is 0 Å². The fourth-order valence-electron chi connectivity index (χ4n) is 1.01. The minimum atomic E-state index is -4.44. The Kier molecular flexibility index (Phi) is 4.93. The van der Waals surface area contributed by atoms with Crippen molar-refractivity contribution in [1.82, 2.24) is 0 Å². The summed E-state index contributed by atoms with van der Waals surface area (Å²) in [6.45, 7) is 7.41. The number of ether oxygens (including phenoxy) is 1. The van der Waals surface area contributed by atoms with E-state index in [1.165, 1.54) is 13.8 Å². The van der Waals surface area contributed by atoms with Crippen LogP contribution in [0.2, 0.25) is 0 Å². The molecule has 0 fully saturated rings. The molecule has 0 bridgehead atoms. The second kappa shape index (κ2) is 5.06. The van der Waals surface area contributed by atoms with Gasteiger partial charge in [0.25, 0.3) is 0 Å². The van der Waals surface area contributed by atoms with Gasteiger partial charge in [0.05, 0.1) is 0 Å². The van der Waals surface area contributed by atoms with Crippen LogP contribution in [0, 0.1) is 0 Å². The number of hydrogen-bond acceptors (Lipinski definition) is 4. The van der Waals surface area contributed by atoms with Gasteiger partial charge in [0.1, 0.15) is 11.6 Å². The second-order valence-electron chi connectivity index (χ2n) is 5.16. The van der Waals surface area contributed by atoms with Crippen LogP contribution < -0.4 is 5.73 Å². The molecule has 0 aliphatic rings. The standard InChI is InChI=1S/C10H18F3NO2S/c1-8(2,3)16-7(15)6(14)9(4,5)17-10(11,12)13/h6H,14H2,1-5H3/t6-/m1/s1. The van der Waals surface area contributed by atoms with E-state index in [2.05, 4.69) is 0 Å². The van der Waals surface area contributed by atoms with Crippen molar-refractivity contribution < 1.29 is 22.7 Å². The van der Waals surface area contributed by atoms with Crippen molar-refractivity contribution >= 4 is 17.7 Å². The molecule has 1 atom stereocenters. The zero-order chi connectivity index (χ0) is 14.1. The van der Waals surface area contributed by atoms with Crippen molar-refractivity contribution in [2.45, 2.75) is 56.5 Å². The van der Waals surface area contributed by atoms with Crippen LogP contribution in [0.4, 0.5) is 13.2 Å². The monoisotopic (exact) mass is 273 g/mol. The molecule has 2 N–H and O–H groups in total. The van der Waals surface area contributed by atoms with Gasteiger partial charge in [-0.3, -0.25) is 4.79 Å². The molecule has 0 aromatic carbocycles. The molecule has 102 valence electrons. The van der Waals surface area contributed by atoms with Gasteiger partial charge >= 0.3 is 11.5 Å². The van der Waals surface area contributed by atoms with Crippen LogP contribution in [0.25, 0.3) is 0 Å². The lowest BCUT2D eigenvalue weighted by atomic mass is 10.0. The summed E-state index contributed by atoms with van der Waals surface area (Å²) in [5.74, 6) is -0.834. The molecule has 0 amide bonds. The Morgan fingerprint density at radius 3 is 1.88 bits per heavy atom. The van der Waals surface area contributed by atoms with Crippen molar-refractivity contribution in [3.63, 3.8) is 0 Å². The van der Waals surface area contributed by atoms with Gasteiger partial charge in [-0.05, 0) is 46.4 Å². The van der Waals surface area contributed by atoms with Gasteiger partial charge in [0.2, 0.25) is 0 Å². The third-order valence-corrected chi connectivity index (χ3v) is 2.80. The van der Waals surface area contributed by atoms with Gasteiger partial charge in [-0.15, -0.1) is 0 Å². The fraction of sp³-hybridized carbons (Fsp3) is 0.900. The molecule has 0 spiro atoms. The molecule has 0 aliphatic heterocycles. The van der Waals surface area contributed by atoms with E-state index in [1.54, 1.807) is 20.8 Å². The first-order chi connectivity index (χ1) is 7.25. The zero-order valence-corrected chi connectivity index (χ0v) is 11.3. The first-order valence-electron chi connectivity index (χ1n) is 5.00. The number of nitrogens with two attached hydrogens (primary N) is 1. The molecule has 3 nitrogen and oxygen atoms in total. The molecule has 0 aromatic heterocycles. The molecule has 0 saturated heterocycles. The van der Waals surface area contributed by atoms with Gasteiger partial charge in [-0.25, -0.2) is 0 Å². The quantitative estimate of drug-likeness (QED) is 0.803. The maximum absolute atomic E-state index is 12.3. The first-order valence-corrected chi connectivity index (χ1v) is 5.81. The maximum atomic E-state index is 12.3. The number of esters is 1. The highest BCUT2D eigenvalue weighted by atomic mass is 32.2. The Morgan fingerprint density at radius 1 is 1.18 bits per heavy atom. The lowest BCUT2D eigenvalue weighted by Gasteiger charge is -2.32. The number of carbonyl (C=O) groups is 1. The average Bonchev–Trinajstić information content (AvgIpc) is 1.94. The van der Waals surface area contributed by atoms with Crippen molar-refractivity contribution in [1.29, 1.82) is 0 Å². The highest BCUT2D eigenvalue weighted by Crippen LogP contribution is 2.41. The lowest BCUT2D eigenvalue weighted by molar-refractivity contribution is -0.157. The summed E-state index contributed by atoms with van der Waals surface area (Å²) < 4.78 is 40.3. The van der Waals surface area contributed by atoms with Crippen molar-refractivity contribution in [3.8, 4) is 0 Å². The summed E-state index contributed by atoms with van der Waals surface area (Å²) in [7, 11) is 0. The van der Waals surface area contributed by atoms with Crippen LogP contribution in [0.15, 0.2) is 0 Å². The SMILES string of the molecule is CC(C)(C)OC(=O)[C@@H](N)C(C)(C)SC(F)(F)F. The Morgan fingerprint density at radius 2 is 1.59 bits per heavy atom. The molecule has 7 heteroatoms. The van der Waals surface area contributed by atoms with E-state index in [4.69, 9.17) is 10.5 Å². The highest BCUT2D eigenvalue weighted by Gasteiger charge is 2.44. The number of alkyl halides is 3. The van der Waals surface area contributed by atoms with Crippen LogP contribution in [0.5, 0.6) is 0 Å². The van der Waals surface area contributed by atoms with Crippen LogP contribution >= 0.6 is 11.8 Å². The number of carbonyl (C=O) groups excluding carboxylic acids is 1. The largest absolute Gasteiger partial charge is 0.459 e. The van der Waals surface area contributed by atoms with E-state index in [9.17, 15) is 18.0 Å². The molecular formula is C10H18F3NO2S. The van der Waals surface area contributed by atoms with Gasteiger partial charge in [-0.2, -0.15) is 13.2 Å². The summed E-state index contributed by atoms with van der Waals surface area (Å²) in [6, 6.07) is -1.34. The van der Waals surface area contributed by atoms with E-state index in [0.717, 1.165) is 0 Å². The zero-order valence-electron chi connectivity index (χ0n) is 10.5. The van der Waals surface area contributed by atoms with Crippen LogP contribution in [0.1, 0.15) is 34.6 Å². The van der Waals surface area contributed by atoms with Crippen molar-refractivity contribution in [2.75, 3.05) is 0 Å². The molecule has 0 rings (SSSR count). The Bertz CT molecular complexity index is 284. The smallest absolute Gasteiger partial charge is 0.442 e. The van der Waals surface area contributed by atoms with Gasteiger partial charge < -0.3 is 10.5 Å². The van der Waals surface area contributed by atoms with Crippen molar-refractivity contribution in [3.05, 3.63) is 0 Å². The highest BCUT2D eigenvalue weighted by molar-refractivity contribution is 8.01. The van der Waals surface area contributed by atoms with Crippen LogP contribution in [-0.2, 0) is 9.53 Å². The summed E-state index contributed by atoms with van der Waals surface area (Å²) in [5.41, 5.74) is 0.302. The molecular weight excluding hydrogens is 255 g/mol. The van der Waals surface area contributed by atoms with E-state index in [1.807, 2.05) is 0 Å². The van der Waals surface area contributed by atoms with Gasteiger partial charge in [0.15, 0.2) is 0 Å². The predicted molar refractivity (Wildman–Crippen MR) is 61.5 cm³/mol. The molecule has 0 heterocycles. The number of halogens is 3. The molecule has 0 saturated carbocycles. The molecule has 0 aromatic rings. The Hall–Kier alpha value is -0.430. The minimum absolute atomic E-state index is 0.304. The summed E-state index contributed by atoms with van der Waals surface area (Å²) in [6.07, 6.45) is 0. The third-order valence-electron chi connectivity index (χ3n) is 1.79. The number of thioether (sulfide) groups is 1. The Balaban J connectivity index is 4.68. The lowest BCUT2D eigenvalue weighted by Crippen LogP contribution is -2.50. The average molecular weight is 273 g/mol. The normalized spacial score (nSPS) is 15.6. The molecule has 0 radical (unpaired) electrons. The number of rotatable bonds is 3. The van der Waals surface area contributed by atoms with E-state index in [0.29, 0.717) is 0 Å². The predicted octanol–water partition coefficient (Wildman–Crippen LogP) is 2.69. The van der Waals surface area contributed by atoms with Crippen molar-refractivity contribution in [2.24, 2.45) is 5.73 Å². The van der Waals surface area contributed by atoms with Crippen LogP contribution in [0.3, 0.4) is 0 Å². The van der Waals surface area contributed by atoms with E-state index in [-0.39, 0.29) is 11.8 Å². The topological polar surface area (TPSA) is 52.3 Å². The van der Waals surface area contributed by atoms with Crippen LogP contribution in [-0.4, -0.2) is 27.9 Å². The third kappa shape index (κ3) is 6.78. The second-order valence-corrected chi connectivity index (χ2v) is 6.88. The molecule has 0 unspecified atom stereocenters. The van der Waals surface area contributed by atoms with Gasteiger partial charge in [0, 0.05) is 4.75 Å². The minimum Gasteiger partial charge on any atom is -0.459 e. The Labute approximate surface area is 103 Å².